The molecule has 3 N–H and O–H groups in total. The first-order valence-electron chi connectivity index (χ1n) is 11.1. The third-order valence-electron chi connectivity index (χ3n) is 6.56. The first-order chi connectivity index (χ1) is 14.2. The molecule has 0 aliphatic carbocycles. The molecule has 0 aromatic carbocycles. The molecule has 3 aliphatic heterocycles. The van der Waals surface area contributed by atoms with Gasteiger partial charge in [0.15, 0.2) is 0 Å². The van der Waals surface area contributed by atoms with Crippen molar-refractivity contribution in [1.29, 1.82) is 0 Å². The molecule has 0 radical (unpaired) electrons. The van der Waals surface area contributed by atoms with Crippen LogP contribution in [0.25, 0.3) is 0 Å². The number of amides is 1. The van der Waals surface area contributed by atoms with E-state index in [4.69, 9.17) is 10.5 Å². The summed E-state index contributed by atoms with van der Waals surface area (Å²) in [4.78, 5) is 26.4. The van der Waals surface area contributed by atoms with E-state index in [9.17, 15) is 4.79 Å². The van der Waals surface area contributed by atoms with Gasteiger partial charge in [-0.15, -0.1) is 0 Å². The third-order valence-corrected chi connectivity index (χ3v) is 6.56. The average Bonchev–Trinajstić information content (AvgIpc) is 2.97. The molecule has 3 aliphatic rings. The molecule has 0 saturated carbocycles. The van der Waals surface area contributed by atoms with Crippen molar-refractivity contribution in [2.75, 3.05) is 44.3 Å². The number of carbonyl (C=O) groups excluding carboxylic acids is 1. The molecule has 8 nitrogen and oxygen atoms in total. The van der Waals surface area contributed by atoms with Crippen molar-refractivity contribution in [3.63, 3.8) is 0 Å². The van der Waals surface area contributed by atoms with Crippen molar-refractivity contribution in [3.05, 3.63) is 18.5 Å². The van der Waals surface area contributed by atoms with Crippen LogP contribution in [0, 0.1) is 5.92 Å². The number of carbonyl (C=O) groups is 1. The van der Waals surface area contributed by atoms with Crippen LogP contribution in [0.2, 0.25) is 0 Å². The molecule has 29 heavy (non-hydrogen) atoms. The lowest BCUT2D eigenvalue weighted by molar-refractivity contribution is -0.126. The van der Waals surface area contributed by atoms with Crippen LogP contribution in [-0.2, 0) is 9.53 Å². The maximum absolute atomic E-state index is 13.1. The smallest absolute Gasteiger partial charge is 0.225 e. The van der Waals surface area contributed by atoms with Crippen LogP contribution in [0.4, 0.5) is 5.95 Å². The minimum absolute atomic E-state index is 0.0295. The quantitative estimate of drug-likeness (QED) is 0.768. The van der Waals surface area contributed by atoms with E-state index in [1.54, 1.807) is 12.4 Å². The molecular weight excluding hydrogens is 368 g/mol. The highest BCUT2D eigenvalue weighted by molar-refractivity contribution is 5.79. The van der Waals surface area contributed by atoms with Gasteiger partial charge in [0.05, 0.1) is 5.92 Å². The molecule has 1 amide bonds. The normalized spacial score (nSPS) is 28.1. The monoisotopic (exact) mass is 402 g/mol. The lowest BCUT2D eigenvalue weighted by Gasteiger charge is -2.36. The molecule has 0 unspecified atom stereocenters. The number of rotatable bonds is 4. The number of piperidine rings is 1. The Labute approximate surface area is 173 Å². The average molecular weight is 403 g/mol. The Kier molecular flexibility index (Phi) is 6.94. The number of ether oxygens (including phenoxy) is 1. The van der Waals surface area contributed by atoms with Crippen LogP contribution >= 0.6 is 0 Å². The molecule has 0 spiro atoms. The maximum atomic E-state index is 13.1. The SMILES string of the molecule is N[C@H]1CC[C@@H](C(=O)NC2CCN(c3ncccn3)CC2)CN(C2CCOCC2)C1. The van der Waals surface area contributed by atoms with Crippen LogP contribution in [0.5, 0.6) is 0 Å². The summed E-state index contributed by atoms with van der Waals surface area (Å²) in [6.07, 6.45) is 9.29. The van der Waals surface area contributed by atoms with Gasteiger partial charge in [0, 0.05) is 69.9 Å². The van der Waals surface area contributed by atoms with Crippen LogP contribution in [-0.4, -0.2) is 78.3 Å². The van der Waals surface area contributed by atoms with Gasteiger partial charge in [-0.25, -0.2) is 9.97 Å². The van der Waals surface area contributed by atoms with E-state index in [0.717, 1.165) is 83.9 Å². The predicted molar refractivity (Wildman–Crippen MR) is 112 cm³/mol. The van der Waals surface area contributed by atoms with E-state index in [2.05, 4.69) is 25.1 Å². The van der Waals surface area contributed by atoms with E-state index < -0.39 is 0 Å². The Hall–Kier alpha value is -1.77. The van der Waals surface area contributed by atoms with Gasteiger partial charge in [-0.05, 0) is 44.6 Å². The summed E-state index contributed by atoms with van der Waals surface area (Å²) in [6, 6.07) is 2.72. The largest absolute Gasteiger partial charge is 0.381 e. The number of hydrogen-bond acceptors (Lipinski definition) is 7. The Morgan fingerprint density at radius 2 is 1.76 bits per heavy atom. The second-order valence-electron chi connectivity index (χ2n) is 8.65. The molecule has 8 heteroatoms. The van der Waals surface area contributed by atoms with Gasteiger partial charge in [0.2, 0.25) is 11.9 Å². The Morgan fingerprint density at radius 3 is 2.48 bits per heavy atom. The van der Waals surface area contributed by atoms with Crippen LogP contribution in [0.1, 0.15) is 38.5 Å². The zero-order chi connectivity index (χ0) is 20.1. The Morgan fingerprint density at radius 1 is 1.03 bits per heavy atom. The number of aromatic nitrogens is 2. The number of nitrogens with zero attached hydrogens (tertiary/aromatic N) is 4. The minimum atomic E-state index is 0.0295. The van der Waals surface area contributed by atoms with E-state index in [1.807, 2.05) is 6.07 Å². The van der Waals surface area contributed by atoms with Crippen molar-refractivity contribution in [2.45, 2.75) is 56.7 Å². The molecule has 160 valence electrons. The van der Waals surface area contributed by atoms with Gasteiger partial charge in [-0.1, -0.05) is 0 Å². The molecule has 3 saturated heterocycles. The summed E-state index contributed by atoms with van der Waals surface area (Å²) in [5.74, 6) is 1.01. The van der Waals surface area contributed by atoms with E-state index in [1.165, 1.54) is 0 Å². The molecule has 4 heterocycles. The first kappa shape index (κ1) is 20.5. The number of anilines is 1. The first-order valence-corrected chi connectivity index (χ1v) is 11.1. The highest BCUT2D eigenvalue weighted by atomic mass is 16.5. The van der Waals surface area contributed by atoms with Crippen molar-refractivity contribution in [3.8, 4) is 0 Å². The van der Waals surface area contributed by atoms with E-state index in [-0.39, 0.29) is 23.9 Å². The summed E-state index contributed by atoms with van der Waals surface area (Å²) >= 11 is 0. The molecule has 2 atom stereocenters. The molecule has 4 rings (SSSR count). The molecular formula is C21H34N6O2. The van der Waals surface area contributed by atoms with Crippen molar-refractivity contribution in [1.82, 2.24) is 20.2 Å². The van der Waals surface area contributed by atoms with Gasteiger partial charge >= 0.3 is 0 Å². The number of nitrogens with one attached hydrogen (secondary N) is 1. The lowest BCUT2D eigenvalue weighted by Crippen LogP contribution is -2.50. The van der Waals surface area contributed by atoms with Crippen molar-refractivity contribution < 1.29 is 9.53 Å². The van der Waals surface area contributed by atoms with Crippen molar-refractivity contribution >= 4 is 11.9 Å². The molecule has 3 fully saturated rings. The fourth-order valence-corrected chi connectivity index (χ4v) is 4.82. The van der Waals surface area contributed by atoms with Crippen LogP contribution in [0.3, 0.4) is 0 Å². The van der Waals surface area contributed by atoms with Gasteiger partial charge in [0.1, 0.15) is 0 Å². The highest BCUT2D eigenvalue weighted by Crippen LogP contribution is 2.23. The molecule has 0 bridgehead atoms. The second-order valence-corrected chi connectivity index (χ2v) is 8.65. The zero-order valence-electron chi connectivity index (χ0n) is 17.2. The van der Waals surface area contributed by atoms with Crippen LogP contribution in [0.15, 0.2) is 18.5 Å². The van der Waals surface area contributed by atoms with Crippen LogP contribution < -0.4 is 16.0 Å². The molecule has 1 aromatic rings. The fourth-order valence-electron chi connectivity index (χ4n) is 4.82. The van der Waals surface area contributed by atoms with Crippen molar-refractivity contribution in [2.24, 2.45) is 11.7 Å². The van der Waals surface area contributed by atoms with Gasteiger partial charge in [-0.2, -0.15) is 0 Å². The summed E-state index contributed by atoms with van der Waals surface area (Å²) in [5, 5.41) is 3.33. The minimum Gasteiger partial charge on any atom is -0.381 e. The third kappa shape index (κ3) is 5.43. The fraction of sp³-hybridized carbons (Fsp3) is 0.762. The van der Waals surface area contributed by atoms with E-state index >= 15 is 0 Å². The second kappa shape index (κ2) is 9.82. The summed E-state index contributed by atoms with van der Waals surface area (Å²) < 4.78 is 5.51. The van der Waals surface area contributed by atoms with Gasteiger partial charge in [0.25, 0.3) is 0 Å². The standard InChI is InChI=1S/C21H34N6O2/c22-17-3-2-16(14-27(15-17)19-6-12-29-13-7-19)20(28)25-18-4-10-26(11-5-18)21-23-8-1-9-24-21/h1,8-9,16-19H,2-7,10-15,22H2,(H,25,28)/t16-,17+/m1/s1. The Balaban J connectivity index is 1.29. The lowest BCUT2D eigenvalue weighted by atomic mass is 9.98. The predicted octanol–water partition coefficient (Wildman–Crippen LogP) is 0.780. The number of likely N-dealkylation sites (tertiary alicyclic amines) is 1. The maximum Gasteiger partial charge on any atom is 0.225 e. The van der Waals surface area contributed by atoms with E-state index in [0.29, 0.717) is 6.04 Å². The summed E-state index contributed by atoms with van der Waals surface area (Å²) in [6.45, 7) is 5.09. The Bertz CT molecular complexity index is 646. The summed E-state index contributed by atoms with van der Waals surface area (Å²) in [7, 11) is 0. The number of hydrogen-bond donors (Lipinski definition) is 2. The van der Waals surface area contributed by atoms with Gasteiger partial charge in [-0.3, -0.25) is 9.69 Å². The topological polar surface area (TPSA) is 96.6 Å². The zero-order valence-corrected chi connectivity index (χ0v) is 17.2. The number of nitrogens with two attached hydrogens (primary N) is 1. The van der Waals surface area contributed by atoms with Gasteiger partial charge < -0.3 is 20.7 Å². The molecule has 1 aromatic heterocycles. The highest BCUT2D eigenvalue weighted by Gasteiger charge is 2.33. The summed E-state index contributed by atoms with van der Waals surface area (Å²) in [5.41, 5.74) is 6.33.